The molecule has 3 rings (SSSR count). The summed E-state index contributed by atoms with van der Waals surface area (Å²) >= 11 is 0. The van der Waals surface area contributed by atoms with Crippen LogP contribution in [0.3, 0.4) is 0 Å². The Morgan fingerprint density at radius 3 is 2.40 bits per heavy atom. The first-order chi connectivity index (χ1) is 14.1. The van der Waals surface area contributed by atoms with E-state index in [1.54, 1.807) is 25.1 Å². The summed E-state index contributed by atoms with van der Waals surface area (Å²) in [5.41, 5.74) is -0.00906. The minimum Gasteiger partial charge on any atom is -0.502 e. The van der Waals surface area contributed by atoms with Gasteiger partial charge in [0.1, 0.15) is 4.91 Å². The number of nitro benzene ring substituents is 1. The molecule has 0 bridgehead atoms. The van der Waals surface area contributed by atoms with Gasteiger partial charge in [0.25, 0.3) is 11.6 Å². The molecule has 30 heavy (non-hydrogen) atoms. The summed E-state index contributed by atoms with van der Waals surface area (Å²) in [5, 5.41) is 21.8. The van der Waals surface area contributed by atoms with Gasteiger partial charge < -0.3 is 14.9 Å². The maximum Gasteiger partial charge on any atom is 0.290 e. The molecule has 0 unspecified atom stereocenters. The van der Waals surface area contributed by atoms with Gasteiger partial charge in [0.05, 0.1) is 15.9 Å². The number of carbonyl (C=O) groups is 1. The van der Waals surface area contributed by atoms with E-state index in [0.29, 0.717) is 6.54 Å². The highest BCUT2D eigenvalue weighted by Crippen LogP contribution is 2.42. The number of aliphatic hydroxyl groups is 1. The molecule has 0 saturated carbocycles. The predicted molar refractivity (Wildman–Crippen MR) is 109 cm³/mol. The smallest absolute Gasteiger partial charge is 0.290 e. The summed E-state index contributed by atoms with van der Waals surface area (Å²) < 4.78 is 26.7. The van der Waals surface area contributed by atoms with Crippen LogP contribution in [0.2, 0.25) is 0 Å². The Balaban J connectivity index is 2.19. The highest BCUT2D eigenvalue weighted by Gasteiger charge is 2.46. The van der Waals surface area contributed by atoms with E-state index in [2.05, 4.69) is 0 Å². The molecule has 1 atom stereocenters. The third-order valence-electron chi connectivity index (χ3n) is 4.78. The lowest BCUT2D eigenvalue weighted by Gasteiger charge is -2.28. The van der Waals surface area contributed by atoms with Crippen molar-refractivity contribution < 1.29 is 23.2 Å². The number of amides is 1. The summed E-state index contributed by atoms with van der Waals surface area (Å²) in [4.78, 5) is 25.9. The van der Waals surface area contributed by atoms with Crippen LogP contribution in [0, 0.1) is 10.1 Å². The number of hydrogen-bond donors (Lipinski definition) is 1. The Morgan fingerprint density at radius 2 is 1.80 bits per heavy atom. The van der Waals surface area contributed by atoms with E-state index in [1.165, 1.54) is 53.4 Å². The molecular formula is C20H21N3O6S. The van der Waals surface area contributed by atoms with Crippen molar-refractivity contribution in [2.45, 2.75) is 10.9 Å². The van der Waals surface area contributed by atoms with Gasteiger partial charge in [-0.1, -0.05) is 30.3 Å². The number of sulfone groups is 1. The molecule has 0 radical (unpaired) electrons. The molecule has 0 aromatic heterocycles. The minimum atomic E-state index is -4.24. The SMILES string of the molecule is CN(C)CCN1C(=O)C(O)=C(S(=O)(=O)c2ccccc2)[C@H]1c1cccc([N+](=O)[O-])c1. The molecule has 158 valence electrons. The normalized spacial score (nSPS) is 17.1. The number of non-ortho nitro benzene ring substituents is 1. The summed E-state index contributed by atoms with van der Waals surface area (Å²) in [5.74, 6) is -1.70. The molecule has 0 spiro atoms. The highest BCUT2D eigenvalue weighted by atomic mass is 32.2. The standard InChI is InChI=1S/C20H21N3O6S/c1-21(2)11-12-22-17(14-7-6-8-15(13-14)23(26)27)19(18(24)20(22)25)30(28,29)16-9-4-3-5-10-16/h3-10,13,17,24H,11-12H2,1-2H3/t17-/m1/s1. The van der Waals surface area contributed by atoms with Gasteiger partial charge in [-0.25, -0.2) is 8.42 Å². The first-order valence-corrected chi connectivity index (χ1v) is 10.6. The molecule has 1 N–H and O–H groups in total. The molecule has 0 aliphatic carbocycles. The van der Waals surface area contributed by atoms with E-state index in [9.17, 15) is 28.4 Å². The van der Waals surface area contributed by atoms with Crippen molar-refractivity contribution in [2.24, 2.45) is 0 Å². The Labute approximate surface area is 173 Å². The van der Waals surface area contributed by atoms with E-state index >= 15 is 0 Å². The van der Waals surface area contributed by atoms with Gasteiger partial charge in [-0.3, -0.25) is 14.9 Å². The Hall–Kier alpha value is -3.24. The molecule has 1 aliphatic rings. The van der Waals surface area contributed by atoms with Crippen molar-refractivity contribution in [1.29, 1.82) is 0 Å². The number of aliphatic hydroxyl groups excluding tert-OH is 1. The van der Waals surface area contributed by atoms with E-state index < -0.39 is 37.4 Å². The summed E-state index contributed by atoms with van der Waals surface area (Å²) in [6.07, 6.45) is 0. The number of nitro groups is 1. The number of nitrogens with zero attached hydrogens (tertiary/aromatic N) is 3. The quantitative estimate of drug-likeness (QED) is 0.527. The monoisotopic (exact) mass is 431 g/mol. The fraction of sp³-hybridized carbons (Fsp3) is 0.250. The molecule has 1 amide bonds. The van der Waals surface area contributed by atoms with Crippen LogP contribution in [0.25, 0.3) is 0 Å². The lowest BCUT2D eigenvalue weighted by Crippen LogP contribution is -2.36. The van der Waals surface area contributed by atoms with Crippen LogP contribution in [-0.2, 0) is 14.6 Å². The van der Waals surface area contributed by atoms with E-state index in [4.69, 9.17) is 0 Å². The molecule has 2 aromatic carbocycles. The fourth-order valence-electron chi connectivity index (χ4n) is 3.31. The predicted octanol–water partition coefficient (Wildman–Crippen LogP) is 2.28. The van der Waals surface area contributed by atoms with Gasteiger partial charge in [-0.05, 0) is 31.8 Å². The molecular weight excluding hydrogens is 410 g/mol. The third kappa shape index (κ3) is 3.91. The summed E-state index contributed by atoms with van der Waals surface area (Å²) in [6.45, 7) is 0.528. The number of hydrogen-bond acceptors (Lipinski definition) is 7. The van der Waals surface area contributed by atoms with Gasteiger partial charge in [-0.2, -0.15) is 0 Å². The van der Waals surface area contributed by atoms with Crippen LogP contribution in [0.15, 0.2) is 70.2 Å². The van der Waals surface area contributed by atoms with Crippen LogP contribution in [0.1, 0.15) is 11.6 Å². The van der Waals surface area contributed by atoms with Crippen LogP contribution in [0.4, 0.5) is 5.69 Å². The molecule has 1 aliphatic heterocycles. The van der Waals surface area contributed by atoms with Crippen molar-refractivity contribution >= 4 is 21.4 Å². The Kier molecular flexibility index (Phi) is 5.90. The van der Waals surface area contributed by atoms with Gasteiger partial charge in [0.15, 0.2) is 5.76 Å². The average Bonchev–Trinajstić information content (AvgIpc) is 2.98. The number of benzene rings is 2. The fourth-order valence-corrected chi connectivity index (χ4v) is 4.98. The zero-order chi connectivity index (χ0) is 22.1. The maximum atomic E-state index is 13.3. The van der Waals surface area contributed by atoms with Crippen LogP contribution in [-0.4, -0.2) is 61.3 Å². The van der Waals surface area contributed by atoms with Crippen molar-refractivity contribution in [1.82, 2.24) is 9.80 Å². The van der Waals surface area contributed by atoms with Crippen molar-refractivity contribution in [3.63, 3.8) is 0 Å². The van der Waals surface area contributed by atoms with Crippen LogP contribution >= 0.6 is 0 Å². The van der Waals surface area contributed by atoms with Gasteiger partial charge in [0, 0.05) is 25.2 Å². The molecule has 0 fully saturated rings. The molecule has 10 heteroatoms. The maximum absolute atomic E-state index is 13.3. The van der Waals surface area contributed by atoms with Crippen molar-refractivity contribution in [2.75, 3.05) is 27.2 Å². The second-order valence-corrected chi connectivity index (χ2v) is 9.00. The largest absolute Gasteiger partial charge is 0.502 e. The molecule has 2 aromatic rings. The van der Waals surface area contributed by atoms with E-state index in [0.717, 1.165) is 0 Å². The van der Waals surface area contributed by atoms with E-state index in [1.807, 2.05) is 0 Å². The lowest BCUT2D eigenvalue weighted by atomic mass is 10.1. The van der Waals surface area contributed by atoms with Gasteiger partial charge in [-0.15, -0.1) is 0 Å². The zero-order valence-electron chi connectivity index (χ0n) is 16.4. The lowest BCUT2D eigenvalue weighted by molar-refractivity contribution is -0.384. The number of rotatable bonds is 7. The first-order valence-electron chi connectivity index (χ1n) is 9.08. The highest BCUT2D eigenvalue weighted by molar-refractivity contribution is 7.95. The zero-order valence-corrected chi connectivity index (χ0v) is 17.2. The molecule has 1 heterocycles. The Bertz CT molecular complexity index is 1110. The van der Waals surface area contributed by atoms with Crippen molar-refractivity contribution in [3.8, 4) is 0 Å². The second-order valence-electron chi connectivity index (χ2n) is 7.09. The van der Waals surface area contributed by atoms with Crippen LogP contribution < -0.4 is 0 Å². The minimum absolute atomic E-state index is 0.0794. The summed E-state index contributed by atoms with van der Waals surface area (Å²) in [6, 6.07) is 11.7. The van der Waals surface area contributed by atoms with E-state index in [-0.39, 0.29) is 22.7 Å². The second kappa shape index (κ2) is 8.25. The average molecular weight is 431 g/mol. The number of likely N-dealkylation sites (N-methyl/N-ethyl adjacent to an activating group) is 1. The summed E-state index contributed by atoms with van der Waals surface area (Å²) in [7, 11) is -0.660. The topological polar surface area (TPSA) is 121 Å². The van der Waals surface area contributed by atoms with Gasteiger partial charge in [0.2, 0.25) is 9.84 Å². The number of carbonyl (C=O) groups excluding carboxylic acids is 1. The first kappa shape index (κ1) is 21.5. The van der Waals surface area contributed by atoms with Crippen molar-refractivity contribution in [3.05, 3.63) is 80.9 Å². The third-order valence-corrected chi connectivity index (χ3v) is 6.67. The Morgan fingerprint density at radius 1 is 1.13 bits per heavy atom. The molecule has 0 saturated heterocycles. The molecule has 9 nitrogen and oxygen atoms in total. The van der Waals surface area contributed by atoms with Gasteiger partial charge >= 0.3 is 0 Å². The van der Waals surface area contributed by atoms with Crippen LogP contribution in [0.5, 0.6) is 0 Å².